The van der Waals surface area contributed by atoms with Crippen LogP contribution < -0.4 is 15.4 Å². The number of anilines is 1. The highest BCUT2D eigenvalue weighted by Crippen LogP contribution is 2.29. The Bertz CT molecular complexity index is 1050. The van der Waals surface area contributed by atoms with Gasteiger partial charge >= 0.3 is 0 Å². The van der Waals surface area contributed by atoms with Gasteiger partial charge < -0.3 is 15.4 Å². The molecule has 1 amide bonds. The highest BCUT2D eigenvalue weighted by Gasteiger charge is 2.28. The summed E-state index contributed by atoms with van der Waals surface area (Å²) in [4.78, 5) is 30.8. The highest BCUT2D eigenvalue weighted by molar-refractivity contribution is 7.13. The lowest BCUT2D eigenvalue weighted by molar-refractivity contribution is 0.0906. The molecule has 7 heteroatoms. The van der Waals surface area contributed by atoms with E-state index in [9.17, 15) is 9.59 Å². The lowest BCUT2D eigenvalue weighted by Gasteiger charge is -2.31. The molecule has 1 atom stereocenters. The summed E-state index contributed by atoms with van der Waals surface area (Å²) >= 11 is 1.39. The molecular formula is C21H21N3O3S. The third-order valence-electron chi connectivity index (χ3n) is 5.14. The van der Waals surface area contributed by atoms with Crippen molar-refractivity contribution in [1.29, 1.82) is 0 Å². The summed E-state index contributed by atoms with van der Waals surface area (Å²) in [5.74, 6) is 0.327. The van der Waals surface area contributed by atoms with Gasteiger partial charge in [-0.3, -0.25) is 9.59 Å². The number of Topliss-reactive ketones (excluding diaryl/α,β-unsaturated/α-hetero) is 1. The molecule has 4 rings (SSSR count). The van der Waals surface area contributed by atoms with Gasteiger partial charge in [-0.15, -0.1) is 11.3 Å². The number of carbonyl (C=O) groups is 2. The van der Waals surface area contributed by atoms with Gasteiger partial charge in [0, 0.05) is 30.0 Å². The number of aromatic nitrogens is 1. The zero-order valence-electron chi connectivity index (χ0n) is 15.6. The summed E-state index contributed by atoms with van der Waals surface area (Å²) < 4.78 is 5.26. The van der Waals surface area contributed by atoms with Crippen molar-refractivity contribution in [2.24, 2.45) is 11.7 Å². The first-order chi connectivity index (χ1) is 13.5. The van der Waals surface area contributed by atoms with Crippen LogP contribution >= 0.6 is 11.3 Å². The van der Waals surface area contributed by atoms with Crippen LogP contribution in [0.1, 0.15) is 33.7 Å². The Labute approximate surface area is 166 Å². The Balaban J connectivity index is 1.53. The number of hydrogen-bond acceptors (Lipinski definition) is 6. The predicted molar refractivity (Wildman–Crippen MR) is 110 cm³/mol. The van der Waals surface area contributed by atoms with Crippen LogP contribution in [0, 0.1) is 5.92 Å². The Morgan fingerprint density at radius 1 is 1.21 bits per heavy atom. The first-order valence-electron chi connectivity index (χ1n) is 9.17. The summed E-state index contributed by atoms with van der Waals surface area (Å²) in [6.07, 6.45) is 1.76. The van der Waals surface area contributed by atoms with Crippen molar-refractivity contribution in [3.05, 3.63) is 53.0 Å². The van der Waals surface area contributed by atoms with Crippen molar-refractivity contribution >= 4 is 38.9 Å². The van der Waals surface area contributed by atoms with Gasteiger partial charge in [0.2, 0.25) is 0 Å². The third-order valence-corrected chi connectivity index (χ3v) is 6.04. The first kappa shape index (κ1) is 18.4. The van der Waals surface area contributed by atoms with Gasteiger partial charge in [0.05, 0.1) is 7.11 Å². The predicted octanol–water partition coefficient (Wildman–Crippen LogP) is 3.50. The van der Waals surface area contributed by atoms with Crippen molar-refractivity contribution < 1.29 is 14.3 Å². The van der Waals surface area contributed by atoms with E-state index in [0.29, 0.717) is 6.54 Å². The fourth-order valence-corrected chi connectivity index (χ4v) is 4.48. The van der Waals surface area contributed by atoms with Gasteiger partial charge in [-0.1, -0.05) is 18.2 Å². The molecule has 0 aliphatic carbocycles. The van der Waals surface area contributed by atoms with Crippen LogP contribution in [0.2, 0.25) is 0 Å². The van der Waals surface area contributed by atoms with E-state index in [2.05, 4.69) is 9.88 Å². The minimum Gasteiger partial charge on any atom is -0.497 e. The van der Waals surface area contributed by atoms with E-state index in [1.807, 2.05) is 36.4 Å². The number of amides is 1. The molecule has 2 heterocycles. The van der Waals surface area contributed by atoms with Crippen molar-refractivity contribution in [2.45, 2.75) is 12.8 Å². The zero-order valence-corrected chi connectivity index (χ0v) is 16.4. The maximum atomic E-state index is 13.1. The quantitative estimate of drug-likeness (QED) is 0.668. The Morgan fingerprint density at radius 2 is 2.00 bits per heavy atom. The summed E-state index contributed by atoms with van der Waals surface area (Å²) in [6.45, 7) is 1.43. The van der Waals surface area contributed by atoms with Gasteiger partial charge in [0.25, 0.3) is 5.91 Å². The van der Waals surface area contributed by atoms with E-state index >= 15 is 0 Å². The second-order valence-corrected chi connectivity index (χ2v) is 7.79. The second kappa shape index (κ2) is 7.59. The maximum Gasteiger partial charge on any atom is 0.268 e. The van der Waals surface area contributed by atoms with Gasteiger partial charge in [0.1, 0.15) is 11.4 Å². The lowest BCUT2D eigenvalue weighted by Crippen LogP contribution is -2.38. The number of nitrogens with two attached hydrogens (primary N) is 1. The average molecular weight is 395 g/mol. The molecule has 2 aromatic carbocycles. The van der Waals surface area contributed by atoms with E-state index in [4.69, 9.17) is 10.5 Å². The van der Waals surface area contributed by atoms with Crippen LogP contribution in [0.3, 0.4) is 0 Å². The molecule has 144 valence electrons. The number of thiazole rings is 1. The van der Waals surface area contributed by atoms with E-state index in [-0.39, 0.29) is 17.4 Å². The van der Waals surface area contributed by atoms with E-state index in [1.165, 1.54) is 11.3 Å². The molecule has 1 aliphatic rings. The monoisotopic (exact) mass is 395 g/mol. The molecule has 2 N–H and O–H groups in total. The summed E-state index contributed by atoms with van der Waals surface area (Å²) in [6, 6.07) is 11.6. The smallest absolute Gasteiger partial charge is 0.268 e. The minimum atomic E-state index is -0.528. The van der Waals surface area contributed by atoms with Gasteiger partial charge in [0.15, 0.2) is 10.9 Å². The van der Waals surface area contributed by atoms with Crippen molar-refractivity contribution in [1.82, 2.24) is 4.98 Å². The Hall–Kier alpha value is -2.93. The Kier molecular flexibility index (Phi) is 5.00. The summed E-state index contributed by atoms with van der Waals surface area (Å²) in [7, 11) is 1.64. The van der Waals surface area contributed by atoms with E-state index in [1.54, 1.807) is 12.5 Å². The number of methoxy groups -OCH3 is 1. The fraction of sp³-hybridized carbons (Fsp3) is 0.286. The fourth-order valence-electron chi connectivity index (χ4n) is 3.63. The minimum absolute atomic E-state index is 0.0922. The average Bonchev–Trinajstić information content (AvgIpc) is 3.23. The van der Waals surface area contributed by atoms with E-state index < -0.39 is 5.91 Å². The molecule has 0 spiro atoms. The normalized spacial score (nSPS) is 16.9. The van der Waals surface area contributed by atoms with Crippen molar-refractivity contribution in [2.75, 3.05) is 25.1 Å². The topological polar surface area (TPSA) is 85.5 Å². The van der Waals surface area contributed by atoms with Gasteiger partial charge in [-0.2, -0.15) is 0 Å². The van der Waals surface area contributed by atoms with Crippen LogP contribution in [-0.2, 0) is 0 Å². The first-order valence-corrected chi connectivity index (χ1v) is 10.1. The van der Waals surface area contributed by atoms with Crippen LogP contribution in [0.25, 0.3) is 10.8 Å². The van der Waals surface area contributed by atoms with Gasteiger partial charge in [-0.05, 0) is 41.8 Å². The number of hydrogen-bond donors (Lipinski definition) is 1. The van der Waals surface area contributed by atoms with Crippen LogP contribution in [0.4, 0.5) is 5.13 Å². The number of ketones is 1. The SMILES string of the molecule is COc1ccc2cc(C(=O)C3CCCN(c4nc(C(N)=O)cs4)C3)ccc2c1. The molecular weight excluding hydrogens is 374 g/mol. The molecule has 1 saturated heterocycles. The number of nitrogens with zero attached hydrogens (tertiary/aromatic N) is 2. The maximum absolute atomic E-state index is 13.1. The molecule has 0 bridgehead atoms. The zero-order chi connectivity index (χ0) is 19.7. The molecule has 1 aliphatic heterocycles. The molecule has 1 fully saturated rings. The summed E-state index contributed by atoms with van der Waals surface area (Å²) in [5.41, 5.74) is 6.30. The number of piperidine rings is 1. The lowest BCUT2D eigenvalue weighted by atomic mass is 9.89. The van der Waals surface area contributed by atoms with E-state index in [0.717, 1.165) is 46.6 Å². The molecule has 0 saturated carbocycles. The molecule has 3 aromatic rings. The number of benzene rings is 2. The second-order valence-electron chi connectivity index (χ2n) is 6.96. The highest BCUT2D eigenvalue weighted by atomic mass is 32.1. The van der Waals surface area contributed by atoms with Gasteiger partial charge in [-0.25, -0.2) is 4.98 Å². The van der Waals surface area contributed by atoms with Crippen LogP contribution in [0.15, 0.2) is 41.8 Å². The number of ether oxygens (including phenoxy) is 1. The number of fused-ring (bicyclic) bond motifs is 1. The third kappa shape index (κ3) is 3.57. The number of rotatable bonds is 5. The molecule has 0 radical (unpaired) electrons. The van der Waals surface area contributed by atoms with Crippen molar-refractivity contribution in [3.63, 3.8) is 0 Å². The Morgan fingerprint density at radius 3 is 2.75 bits per heavy atom. The molecule has 1 aromatic heterocycles. The van der Waals surface area contributed by atoms with Crippen molar-refractivity contribution in [3.8, 4) is 5.75 Å². The molecule has 28 heavy (non-hydrogen) atoms. The van der Waals surface area contributed by atoms with Crippen LogP contribution in [-0.4, -0.2) is 36.9 Å². The standard InChI is InChI=1S/C21H21N3O3S/c1-27-17-7-6-13-9-15(5-4-14(13)10-17)19(25)16-3-2-8-24(11-16)21-23-18(12-28-21)20(22)26/h4-7,9-10,12,16H,2-3,8,11H2,1H3,(H2,22,26). The molecule has 1 unspecified atom stereocenters. The largest absolute Gasteiger partial charge is 0.497 e. The summed E-state index contributed by atoms with van der Waals surface area (Å²) in [5, 5.41) is 4.48. The molecule has 6 nitrogen and oxygen atoms in total. The number of primary amides is 1. The number of carbonyl (C=O) groups excluding carboxylic acids is 2. The van der Waals surface area contributed by atoms with Crippen LogP contribution in [0.5, 0.6) is 5.75 Å².